The van der Waals surface area contributed by atoms with Crippen molar-refractivity contribution in [1.82, 2.24) is 10.6 Å². The molecule has 1 unspecified atom stereocenters. The fraction of sp³-hybridized carbons (Fsp3) is 0.909. The molecule has 2 saturated heterocycles. The van der Waals surface area contributed by atoms with Crippen LogP contribution in [-0.2, 0) is 9.53 Å². The lowest BCUT2D eigenvalue weighted by atomic mass is 9.98. The average molecular weight is 212 g/mol. The summed E-state index contributed by atoms with van der Waals surface area (Å²) in [5, 5.41) is 6.29. The van der Waals surface area contributed by atoms with Crippen LogP contribution in [0.25, 0.3) is 0 Å². The van der Waals surface area contributed by atoms with Gasteiger partial charge in [-0.3, -0.25) is 4.79 Å². The van der Waals surface area contributed by atoms with Crippen molar-refractivity contribution in [2.24, 2.45) is 11.8 Å². The van der Waals surface area contributed by atoms with Gasteiger partial charge in [-0.1, -0.05) is 0 Å². The molecule has 4 heteroatoms. The number of amides is 1. The standard InChI is InChI=1S/C11H20N2O2/c14-11(10-2-1-4-12-7-10)13-6-9-3-5-15-8-9/h9-10,12H,1-8H2,(H,13,14)/t9?,10-/m1/s1. The Balaban J connectivity index is 1.66. The molecule has 0 aromatic heterocycles. The molecule has 1 amide bonds. The normalized spacial score (nSPS) is 31.5. The van der Waals surface area contributed by atoms with E-state index in [1.165, 1.54) is 0 Å². The molecule has 2 atom stereocenters. The number of carbonyl (C=O) groups excluding carboxylic acids is 1. The van der Waals surface area contributed by atoms with Crippen LogP contribution in [0.3, 0.4) is 0 Å². The van der Waals surface area contributed by atoms with Gasteiger partial charge < -0.3 is 15.4 Å². The average Bonchev–Trinajstić information content (AvgIpc) is 2.80. The summed E-state index contributed by atoms with van der Waals surface area (Å²) >= 11 is 0. The van der Waals surface area contributed by atoms with Gasteiger partial charge >= 0.3 is 0 Å². The predicted octanol–water partition coefficient (Wildman–Crippen LogP) is 0.139. The minimum absolute atomic E-state index is 0.182. The van der Waals surface area contributed by atoms with E-state index in [9.17, 15) is 4.79 Å². The fourth-order valence-electron chi connectivity index (χ4n) is 2.21. The Bertz CT molecular complexity index is 209. The van der Waals surface area contributed by atoms with E-state index in [2.05, 4.69) is 10.6 Å². The molecular formula is C11H20N2O2. The molecule has 0 radical (unpaired) electrons. The molecule has 2 heterocycles. The van der Waals surface area contributed by atoms with Crippen LogP contribution in [0.15, 0.2) is 0 Å². The zero-order valence-corrected chi connectivity index (χ0v) is 9.13. The van der Waals surface area contributed by atoms with E-state index in [-0.39, 0.29) is 11.8 Å². The summed E-state index contributed by atoms with van der Waals surface area (Å²) in [7, 11) is 0. The first-order valence-corrected chi connectivity index (χ1v) is 5.92. The van der Waals surface area contributed by atoms with Gasteiger partial charge in [0.1, 0.15) is 0 Å². The largest absolute Gasteiger partial charge is 0.381 e. The number of hydrogen-bond donors (Lipinski definition) is 2. The third-order valence-corrected chi connectivity index (χ3v) is 3.26. The maximum Gasteiger partial charge on any atom is 0.224 e. The zero-order chi connectivity index (χ0) is 10.5. The van der Waals surface area contributed by atoms with Crippen LogP contribution in [-0.4, -0.2) is 38.8 Å². The van der Waals surface area contributed by atoms with Crippen LogP contribution in [0.2, 0.25) is 0 Å². The van der Waals surface area contributed by atoms with Crippen molar-refractivity contribution in [2.45, 2.75) is 19.3 Å². The fourth-order valence-corrected chi connectivity index (χ4v) is 2.21. The number of nitrogens with one attached hydrogen (secondary N) is 2. The minimum atomic E-state index is 0.182. The smallest absolute Gasteiger partial charge is 0.224 e. The monoisotopic (exact) mass is 212 g/mol. The highest BCUT2D eigenvalue weighted by Crippen LogP contribution is 2.13. The quantitative estimate of drug-likeness (QED) is 0.699. The molecule has 0 spiro atoms. The lowest BCUT2D eigenvalue weighted by Crippen LogP contribution is -2.42. The first kappa shape index (κ1) is 10.9. The molecular weight excluding hydrogens is 192 g/mol. The van der Waals surface area contributed by atoms with Crippen LogP contribution < -0.4 is 10.6 Å². The lowest BCUT2D eigenvalue weighted by Gasteiger charge is -2.22. The van der Waals surface area contributed by atoms with Crippen molar-refractivity contribution in [2.75, 3.05) is 32.8 Å². The SMILES string of the molecule is O=C(NCC1CCOC1)[C@@H]1CCCNC1. The zero-order valence-electron chi connectivity index (χ0n) is 9.13. The summed E-state index contributed by atoms with van der Waals surface area (Å²) in [6.45, 7) is 4.34. The number of rotatable bonds is 3. The van der Waals surface area contributed by atoms with Gasteiger partial charge in [0.15, 0.2) is 0 Å². The second-order valence-corrected chi connectivity index (χ2v) is 4.52. The van der Waals surface area contributed by atoms with E-state index in [1.54, 1.807) is 0 Å². The Morgan fingerprint density at radius 1 is 1.47 bits per heavy atom. The van der Waals surface area contributed by atoms with Crippen LogP contribution in [0, 0.1) is 11.8 Å². The van der Waals surface area contributed by atoms with Gasteiger partial charge in [-0.15, -0.1) is 0 Å². The maximum absolute atomic E-state index is 11.8. The molecule has 15 heavy (non-hydrogen) atoms. The van der Waals surface area contributed by atoms with Crippen molar-refractivity contribution in [3.8, 4) is 0 Å². The summed E-state index contributed by atoms with van der Waals surface area (Å²) in [6.07, 6.45) is 3.23. The van der Waals surface area contributed by atoms with Gasteiger partial charge in [-0.05, 0) is 25.8 Å². The topological polar surface area (TPSA) is 50.4 Å². The molecule has 0 bridgehead atoms. The molecule has 2 aliphatic heterocycles. The molecule has 2 rings (SSSR count). The van der Waals surface area contributed by atoms with Crippen LogP contribution >= 0.6 is 0 Å². The third-order valence-electron chi connectivity index (χ3n) is 3.26. The Morgan fingerprint density at radius 2 is 2.40 bits per heavy atom. The van der Waals surface area contributed by atoms with E-state index in [1.807, 2.05) is 0 Å². The van der Waals surface area contributed by atoms with E-state index in [4.69, 9.17) is 4.74 Å². The molecule has 0 saturated carbocycles. The van der Waals surface area contributed by atoms with E-state index in [0.717, 1.165) is 52.1 Å². The van der Waals surface area contributed by atoms with Gasteiger partial charge in [0.25, 0.3) is 0 Å². The second kappa shape index (κ2) is 5.47. The van der Waals surface area contributed by atoms with Gasteiger partial charge in [0, 0.05) is 25.6 Å². The predicted molar refractivity (Wildman–Crippen MR) is 57.5 cm³/mol. The van der Waals surface area contributed by atoms with E-state index < -0.39 is 0 Å². The van der Waals surface area contributed by atoms with Crippen LogP contribution in [0.5, 0.6) is 0 Å². The first-order chi connectivity index (χ1) is 7.36. The Morgan fingerprint density at radius 3 is 3.07 bits per heavy atom. The third kappa shape index (κ3) is 3.18. The van der Waals surface area contributed by atoms with Crippen molar-refractivity contribution in [3.63, 3.8) is 0 Å². The van der Waals surface area contributed by atoms with Gasteiger partial charge in [0.2, 0.25) is 5.91 Å². The summed E-state index contributed by atoms with van der Waals surface area (Å²) in [4.78, 5) is 11.8. The Labute approximate surface area is 90.8 Å². The van der Waals surface area contributed by atoms with Gasteiger partial charge in [-0.2, -0.15) is 0 Å². The summed E-state index contributed by atoms with van der Waals surface area (Å²) in [5.41, 5.74) is 0. The van der Waals surface area contributed by atoms with Crippen molar-refractivity contribution >= 4 is 5.91 Å². The number of piperidine rings is 1. The highest BCUT2D eigenvalue weighted by atomic mass is 16.5. The van der Waals surface area contributed by atoms with E-state index >= 15 is 0 Å². The number of hydrogen-bond acceptors (Lipinski definition) is 3. The molecule has 2 aliphatic rings. The number of carbonyl (C=O) groups is 1. The summed E-state index contributed by atoms with van der Waals surface area (Å²) in [5.74, 6) is 0.931. The molecule has 0 aromatic rings. The van der Waals surface area contributed by atoms with Crippen molar-refractivity contribution < 1.29 is 9.53 Å². The molecule has 86 valence electrons. The van der Waals surface area contributed by atoms with Crippen molar-refractivity contribution in [3.05, 3.63) is 0 Å². The van der Waals surface area contributed by atoms with Crippen molar-refractivity contribution in [1.29, 1.82) is 0 Å². The Kier molecular flexibility index (Phi) is 3.97. The van der Waals surface area contributed by atoms with Crippen LogP contribution in [0.1, 0.15) is 19.3 Å². The van der Waals surface area contributed by atoms with E-state index in [0.29, 0.717) is 5.92 Å². The lowest BCUT2D eigenvalue weighted by molar-refractivity contribution is -0.125. The molecule has 2 fully saturated rings. The maximum atomic E-state index is 11.8. The minimum Gasteiger partial charge on any atom is -0.381 e. The Hall–Kier alpha value is -0.610. The van der Waals surface area contributed by atoms with Gasteiger partial charge in [-0.25, -0.2) is 0 Å². The highest BCUT2D eigenvalue weighted by Gasteiger charge is 2.22. The number of ether oxygens (including phenoxy) is 1. The molecule has 0 aromatic carbocycles. The van der Waals surface area contributed by atoms with Gasteiger partial charge in [0.05, 0.1) is 12.5 Å². The summed E-state index contributed by atoms with van der Waals surface area (Å²) in [6, 6.07) is 0. The molecule has 2 N–H and O–H groups in total. The second-order valence-electron chi connectivity index (χ2n) is 4.52. The first-order valence-electron chi connectivity index (χ1n) is 5.92. The highest BCUT2D eigenvalue weighted by molar-refractivity contribution is 5.78. The summed E-state index contributed by atoms with van der Waals surface area (Å²) < 4.78 is 5.27. The van der Waals surface area contributed by atoms with Crippen LogP contribution in [0.4, 0.5) is 0 Å². The molecule has 0 aliphatic carbocycles. The molecule has 4 nitrogen and oxygen atoms in total.